The van der Waals surface area contributed by atoms with Gasteiger partial charge < -0.3 is 25.4 Å². The summed E-state index contributed by atoms with van der Waals surface area (Å²) in [5.41, 5.74) is 0. The van der Waals surface area contributed by atoms with Crippen LogP contribution in [0, 0.1) is 0 Å². The molecule has 108 valence electrons. The number of likely N-dealkylation sites (tertiary alicyclic amines) is 1. The number of aliphatic carboxylic acids is 1. The second-order valence-electron chi connectivity index (χ2n) is 4.19. The highest BCUT2D eigenvalue weighted by molar-refractivity contribution is 5.87. The van der Waals surface area contributed by atoms with Crippen LogP contribution < -0.4 is 10.6 Å². The number of hydrogen-bond acceptors (Lipinski definition) is 4. The maximum absolute atomic E-state index is 11.7. The third kappa shape index (κ3) is 4.74. The summed E-state index contributed by atoms with van der Waals surface area (Å²) in [4.78, 5) is 35.2. The van der Waals surface area contributed by atoms with Crippen molar-refractivity contribution >= 4 is 17.9 Å². The van der Waals surface area contributed by atoms with Crippen LogP contribution in [0.3, 0.4) is 0 Å². The Morgan fingerprint density at radius 3 is 2.74 bits per heavy atom. The standard InChI is InChI=1S/C11H19N3O5/c1-19-6-4-12-9(15)7-13-11(18)14-5-2-3-8(14)10(16)17/h8H,2-7H2,1H3,(H,12,15)(H,13,18)(H,16,17)/t8-/m0/s1. The van der Waals surface area contributed by atoms with E-state index in [4.69, 9.17) is 9.84 Å². The smallest absolute Gasteiger partial charge is 0.326 e. The van der Waals surface area contributed by atoms with E-state index in [-0.39, 0.29) is 12.5 Å². The van der Waals surface area contributed by atoms with Crippen LogP contribution in [-0.2, 0) is 14.3 Å². The van der Waals surface area contributed by atoms with Crippen molar-refractivity contribution < 1.29 is 24.2 Å². The minimum atomic E-state index is -1.02. The van der Waals surface area contributed by atoms with E-state index in [0.29, 0.717) is 32.5 Å². The molecule has 0 radical (unpaired) electrons. The summed E-state index contributed by atoms with van der Waals surface area (Å²) in [5, 5.41) is 13.9. The molecular formula is C11H19N3O5. The molecule has 0 aromatic heterocycles. The summed E-state index contributed by atoms with van der Waals surface area (Å²) in [6, 6.07) is -1.32. The van der Waals surface area contributed by atoms with Gasteiger partial charge in [0, 0.05) is 20.2 Å². The number of methoxy groups -OCH3 is 1. The quantitative estimate of drug-likeness (QED) is 0.538. The molecule has 1 atom stereocenters. The number of nitrogens with zero attached hydrogens (tertiary/aromatic N) is 1. The van der Waals surface area contributed by atoms with Crippen molar-refractivity contribution in [2.45, 2.75) is 18.9 Å². The van der Waals surface area contributed by atoms with Gasteiger partial charge in [0.1, 0.15) is 6.04 Å². The molecule has 0 saturated carbocycles. The van der Waals surface area contributed by atoms with Gasteiger partial charge in [0.05, 0.1) is 13.2 Å². The zero-order valence-electron chi connectivity index (χ0n) is 10.8. The first-order valence-electron chi connectivity index (χ1n) is 6.09. The normalized spacial score (nSPS) is 18.2. The Bertz CT molecular complexity index is 347. The molecule has 1 rings (SSSR count). The molecule has 8 heteroatoms. The molecule has 0 aromatic rings. The Kier molecular flexibility index (Phi) is 6.07. The summed E-state index contributed by atoms with van der Waals surface area (Å²) in [6.45, 7) is 0.985. The molecule has 19 heavy (non-hydrogen) atoms. The summed E-state index contributed by atoms with van der Waals surface area (Å²) in [5.74, 6) is -1.35. The van der Waals surface area contributed by atoms with Crippen molar-refractivity contribution in [2.75, 3.05) is 33.4 Å². The van der Waals surface area contributed by atoms with Gasteiger partial charge in [-0.2, -0.15) is 0 Å². The Hall–Kier alpha value is -1.83. The number of carboxylic acid groups (broad SMARTS) is 1. The molecule has 0 unspecified atom stereocenters. The number of rotatable bonds is 6. The zero-order chi connectivity index (χ0) is 14.3. The highest BCUT2D eigenvalue weighted by atomic mass is 16.5. The van der Waals surface area contributed by atoms with E-state index in [0.717, 1.165) is 0 Å². The topological polar surface area (TPSA) is 108 Å². The molecule has 0 spiro atoms. The van der Waals surface area contributed by atoms with Crippen LogP contribution in [0.15, 0.2) is 0 Å². The fourth-order valence-electron chi connectivity index (χ4n) is 1.88. The number of carbonyl (C=O) groups excluding carboxylic acids is 2. The second-order valence-corrected chi connectivity index (χ2v) is 4.19. The van der Waals surface area contributed by atoms with Gasteiger partial charge in [0.25, 0.3) is 0 Å². The van der Waals surface area contributed by atoms with Crippen LogP contribution >= 0.6 is 0 Å². The molecule has 1 saturated heterocycles. The largest absolute Gasteiger partial charge is 0.480 e. The molecule has 1 heterocycles. The lowest BCUT2D eigenvalue weighted by Gasteiger charge is -2.21. The lowest BCUT2D eigenvalue weighted by molar-refractivity contribution is -0.141. The Labute approximate surface area is 111 Å². The molecule has 0 aromatic carbocycles. The van der Waals surface area contributed by atoms with E-state index in [1.54, 1.807) is 0 Å². The summed E-state index contributed by atoms with van der Waals surface area (Å²) in [7, 11) is 1.52. The first kappa shape index (κ1) is 15.2. The van der Waals surface area contributed by atoms with Crippen molar-refractivity contribution in [2.24, 2.45) is 0 Å². The summed E-state index contributed by atoms with van der Waals surface area (Å²) < 4.78 is 4.76. The predicted molar refractivity (Wildman–Crippen MR) is 65.6 cm³/mol. The highest BCUT2D eigenvalue weighted by Gasteiger charge is 2.33. The van der Waals surface area contributed by atoms with Crippen molar-refractivity contribution in [1.82, 2.24) is 15.5 Å². The monoisotopic (exact) mass is 273 g/mol. The van der Waals surface area contributed by atoms with Crippen LogP contribution in [0.25, 0.3) is 0 Å². The molecule has 8 nitrogen and oxygen atoms in total. The summed E-state index contributed by atoms with van der Waals surface area (Å²) >= 11 is 0. The van der Waals surface area contributed by atoms with E-state index in [1.807, 2.05) is 0 Å². The van der Waals surface area contributed by atoms with E-state index in [2.05, 4.69) is 10.6 Å². The summed E-state index contributed by atoms with van der Waals surface area (Å²) in [6.07, 6.45) is 1.10. The number of ether oxygens (including phenoxy) is 1. The van der Waals surface area contributed by atoms with Crippen molar-refractivity contribution in [3.63, 3.8) is 0 Å². The Morgan fingerprint density at radius 1 is 1.37 bits per heavy atom. The second kappa shape index (κ2) is 7.57. The molecule has 1 fully saturated rings. The lowest BCUT2D eigenvalue weighted by Crippen LogP contribution is -2.48. The fraction of sp³-hybridized carbons (Fsp3) is 0.727. The molecule has 1 aliphatic rings. The molecule has 0 bridgehead atoms. The number of nitrogens with one attached hydrogen (secondary N) is 2. The first-order valence-corrected chi connectivity index (χ1v) is 6.09. The van der Waals surface area contributed by atoms with E-state index >= 15 is 0 Å². The average molecular weight is 273 g/mol. The van der Waals surface area contributed by atoms with Gasteiger partial charge in [0.15, 0.2) is 0 Å². The molecular weight excluding hydrogens is 254 g/mol. The Morgan fingerprint density at radius 2 is 2.11 bits per heavy atom. The molecule has 0 aliphatic carbocycles. The number of hydrogen-bond donors (Lipinski definition) is 3. The van der Waals surface area contributed by atoms with Crippen LogP contribution in [0.1, 0.15) is 12.8 Å². The van der Waals surface area contributed by atoms with Gasteiger partial charge in [0.2, 0.25) is 5.91 Å². The predicted octanol–water partition coefficient (Wildman–Crippen LogP) is -0.992. The van der Waals surface area contributed by atoms with Gasteiger partial charge in [-0.1, -0.05) is 0 Å². The number of carbonyl (C=O) groups is 3. The van der Waals surface area contributed by atoms with E-state index in [9.17, 15) is 14.4 Å². The average Bonchev–Trinajstić information content (AvgIpc) is 2.85. The number of amides is 3. The minimum Gasteiger partial charge on any atom is -0.480 e. The zero-order valence-corrected chi connectivity index (χ0v) is 10.8. The van der Waals surface area contributed by atoms with Crippen molar-refractivity contribution in [3.05, 3.63) is 0 Å². The van der Waals surface area contributed by atoms with Gasteiger partial charge in [-0.05, 0) is 12.8 Å². The van der Waals surface area contributed by atoms with Gasteiger partial charge in [-0.3, -0.25) is 4.79 Å². The van der Waals surface area contributed by atoms with Gasteiger partial charge in [-0.15, -0.1) is 0 Å². The van der Waals surface area contributed by atoms with E-state index in [1.165, 1.54) is 12.0 Å². The molecule has 1 aliphatic heterocycles. The maximum Gasteiger partial charge on any atom is 0.326 e. The van der Waals surface area contributed by atoms with E-state index < -0.39 is 18.0 Å². The molecule has 3 N–H and O–H groups in total. The molecule has 3 amide bonds. The SMILES string of the molecule is COCCNC(=O)CNC(=O)N1CCC[C@H]1C(=O)O. The maximum atomic E-state index is 11.7. The van der Waals surface area contributed by atoms with Crippen LogP contribution in [0.2, 0.25) is 0 Å². The third-order valence-corrected chi connectivity index (χ3v) is 2.83. The fourth-order valence-corrected chi connectivity index (χ4v) is 1.88. The van der Waals surface area contributed by atoms with Crippen LogP contribution in [-0.4, -0.2) is 67.3 Å². The van der Waals surface area contributed by atoms with Crippen LogP contribution in [0.5, 0.6) is 0 Å². The van der Waals surface area contributed by atoms with Gasteiger partial charge in [-0.25, -0.2) is 9.59 Å². The highest BCUT2D eigenvalue weighted by Crippen LogP contribution is 2.16. The van der Waals surface area contributed by atoms with Crippen LogP contribution in [0.4, 0.5) is 4.79 Å². The van der Waals surface area contributed by atoms with Crippen molar-refractivity contribution in [1.29, 1.82) is 0 Å². The lowest BCUT2D eigenvalue weighted by atomic mass is 10.2. The van der Waals surface area contributed by atoms with Crippen molar-refractivity contribution in [3.8, 4) is 0 Å². The number of carboxylic acids is 1. The van der Waals surface area contributed by atoms with Gasteiger partial charge >= 0.3 is 12.0 Å². The Balaban J connectivity index is 2.30. The number of urea groups is 1. The minimum absolute atomic E-state index is 0.175. The first-order chi connectivity index (χ1) is 9.06. The third-order valence-electron chi connectivity index (χ3n) is 2.83.